The summed E-state index contributed by atoms with van der Waals surface area (Å²) in [5.41, 5.74) is 1.99. The van der Waals surface area contributed by atoms with Crippen molar-refractivity contribution in [1.29, 1.82) is 0 Å². The first-order valence-electron chi connectivity index (χ1n) is 8.71. The molecule has 0 bridgehead atoms. The molecular weight excluding hydrogens is 392 g/mol. The number of rotatable bonds is 5. The monoisotopic (exact) mass is 408 g/mol. The SMILES string of the molecule is COc1ccc2nc(NC(=O)C(C)OC(=O)c3cccc4nccnc34)sc2c1. The zero-order valence-corrected chi connectivity index (χ0v) is 16.4. The van der Waals surface area contributed by atoms with Crippen molar-refractivity contribution >= 4 is 49.6 Å². The molecule has 1 atom stereocenters. The van der Waals surface area contributed by atoms with Crippen LogP contribution in [-0.2, 0) is 9.53 Å². The zero-order chi connectivity index (χ0) is 20.4. The molecule has 1 unspecified atom stereocenters. The molecule has 0 radical (unpaired) electrons. The van der Waals surface area contributed by atoms with Gasteiger partial charge in [-0.05, 0) is 37.3 Å². The molecule has 4 rings (SSSR count). The summed E-state index contributed by atoms with van der Waals surface area (Å²) in [6.07, 6.45) is 2.02. The number of fused-ring (bicyclic) bond motifs is 2. The van der Waals surface area contributed by atoms with Gasteiger partial charge in [-0.25, -0.2) is 9.78 Å². The maximum Gasteiger partial charge on any atom is 0.341 e. The number of anilines is 1. The molecule has 0 aliphatic carbocycles. The number of aromatic nitrogens is 3. The highest BCUT2D eigenvalue weighted by molar-refractivity contribution is 7.22. The quantitative estimate of drug-likeness (QED) is 0.505. The van der Waals surface area contributed by atoms with Crippen molar-refractivity contribution in [3.05, 3.63) is 54.4 Å². The lowest BCUT2D eigenvalue weighted by atomic mass is 10.2. The van der Waals surface area contributed by atoms with Gasteiger partial charge in [0.15, 0.2) is 11.2 Å². The molecule has 0 spiro atoms. The van der Waals surface area contributed by atoms with Gasteiger partial charge in [-0.15, -0.1) is 0 Å². The normalized spacial score (nSPS) is 11.9. The molecule has 0 fully saturated rings. The predicted molar refractivity (Wildman–Crippen MR) is 109 cm³/mol. The standard InChI is InChI=1S/C20H16N4O4S/c1-11(28-19(26)13-4-3-5-15-17(13)22-9-8-21-15)18(25)24-20-23-14-7-6-12(27-2)10-16(14)29-20/h3-11H,1-2H3,(H,23,24,25). The largest absolute Gasteiger partial charge is 0.497 e. The number of benzene rings is 2. The fraction of sp³-hybridized carbons (Fsp3) is 0.150. The number of carbonyl (C=O) groups excluding carboxylic acids is 2. The van der Waals surface area contributed by atoms with Gasteiger partial charge in [0, 0.05) is 12.4 Å². The van der Waals surface area contributed by atoms with E-state index in [-0.39, 0.29) is 5.56 Å². The molecule has 4 aromatic rings. The minimum atomic E-state index is -1.02. The van der Waals surface area contributed by atoms with Crippen LogP contribution in [0.4, 0.5) is 5.13 Å². The van der Waals surface area contributed by atoms with Crippen LogP contribution in [-0.4, -0.2) is 40.0 Å². The van der Waals surface area contributed by atoms with Crippen molar-refractivity contribution in [3.63, 3.8) is 0 Å². The number of methoxy groups -OCH3 is 1. The average molecular weight is 408 g/mol. The summed E-state index contributed by atoms with van der Waals surface area (Å²) in [4.78, 5) is 37.7. The van der Waals surface area contributed by atoms with E-state index in [1.807, 2.05) is 12.1 Å². The van der Waals surface area contributed by atoms with Crippen LogP contribution in [0, 0.1) is 0 Å². The third kappa shape index (κ3) is 3.85. The van der Waals surface area contributed by atoms with Crippen molar-refractivity contribution in [2.75, 3.05) is 12.4 Å². The Labute approximate surface area is 169 Å². The highest BCUT2D eigenvalue weighted by Crippen LogP contribution is 2.29. The molecule has 0 aliphatic heterocycles. The van der Waals surface area contributed by atoms with Gasteiger partial charge in [-0.3, -0.25) is 20.1 Å². The summed E-state index contributed by atoms with van der Waals surface area (Å²) in [6, 6.07) is 10.5. The number of nitrogens with zero attached hydrogens (tertiary/aromatic N) is 3. The van der Waals surface area contributed by atoms with Gasteiger partial charge in [0.2, 0.25) is 0 Å². The number of nitrogens with one attached hydrogen (secondary N) is 1. The average Bonchev–Trinajstić information content (AvgIpc) is 3.14. The number of thiazole rings is 1. The molecule has 2 aromatic carbocycles. The maximum atomic E-state index is 12.5. The highest BCUT2D eigenvalue weighted by Gasteiger charge is 2.22. The predicted octanol–water partition coefficient (Wildman–Crippen LogP) is 3.43. The second-order valence-electron chi connectivity index (χ2n) is 6.12. The summed E-state index contributed by atoms with van der Waals surface area (Å²) in [5, 5.41) is 3.10. The Morgan fingerprint density at radius 3 is 2.76 bits per heavy atom. The molecule has 0 aliphatic rings. The van der Waals surface area contributed by atoms with E-state index < -0.39 is 18.0 Å². The van der Waals surface area contributed by atoms with E-state index >= 15 is 0 Å². The number of para-hydroxylation sites is 1. The third-order valence-corrected chi connectivity index (χ3v) is 5.13. The van der Waals surface area contributed by atoms with Gasteiger partial charge in [-0.2, -0.15) is 0 Å². The van der Waals surface area contributed by atoms with E-state index in [1.54, 1.807) is 37.6 Å². The van der Waals surface area contributed by atoms with Crippen LogP contribution in [0.1, 0.15) is 17.3 Å². The van der Waals surface area contributed by atoms with E-state index in [4.69, 9.17) is 9.47 Å². The van der Waals surface area contributed by atoms with Crippen LogP contribution in [0.15, 0.2) is 48.8 Å². The molecule has 2 heterocycles. The molecule has 29 heavy (non-hydrogen) atoms. The lowest BCUT2D eigenvalue weighted by molar-refractivity contribution is -0.123. The minimum Gasteiger partial charge on any atom is -0.497 e. The summed E-state index contributed by atoms with van der Waals surface area (Å²) in [7, 11) is 1.59. The molecule has 9 heteroatoms. The van der Waals surface area contributed by atoms with Crippen molar-refractivity contribution in [3.8, 4) is 5.75 Å². The van der Waals surface area contributed by atoms with Gasteiger partial charge in [0.25, 0.3) is 5.91 Å². The van der Waals surface area contributed by atoms with Crippen molar-refractivity contribution in [2.45, 2.75) is 13.0 Å². The Bertz CT molecular complexity index is 1220. The Hall–Kier alpha value is -3.59. The van der Waals surface area contributed by atoms with Crippen LogP contribution >= 0.6 is 11.3 Å². The smallest absolute Gasteiger partial charge is 0.341 e. The molecule has 2 aromatic heterocycles. The van der Waals surface area contributed by atoms with Crippen LogP contribution in [0.3, 0.4) is 0 Å². The van der Waals surface area contributed by atoms with Crippen molar-refractivity contribution in [2.24, 2.45) is 0 Å². The summed E-state index contributed by atoms with van der Waals surface area (Å²) < 4.78 is 11.4. The van der Waals surface area contributed by atoms with Gasteiger partial charge in [-0.1, -0.05) is 17.4 Å². The second kappa shape index (κ2) is 7.80. The highest BCUT2D eigenvalue weighted by atomic mass is 32.1. The molecule has 1 N–H and O–H groups in total. The van der Waals surface area contributed by atoms with E-state index in [0.717, 1.165) is 10.2 Å². The Balaban J connectivity index is 1.47. The first-order chi connectivity index (χ1) is 14.0. The van der Waals surface area contributed by atoms with Gasteiger partial charge >= 0.3 is 5.97 Å². The number of esters is 1. The molecule has 1 amide bonds. The lowest BCUT2D eigenvalue weighted by Gasteiger charge is -2.13. The molecule has 0 saturated heterocycles. The van der Waals surface area contributed by atoms with Crippen LogP contribution < -0.4 is 10.1 Å². The van der Waals surface area contributed by atoms with Crippen LogP contribution in [0.2, 0.25) is 0 Å². The first-order valence-corrected chi connectivity index (χ1v) is 9.53. The van der Waals surface area contributed by atoms with Gasteiger partial charge in [0.1, 0.15) is 11.3 Å². The minimum absolute atomic E-state index is 0.252. The Kier molecular flexibility index (Phi) is 5.05. The number of hydrogen-bond donors (Lipinski definition) is 1. The van der Waals surface area contributed by atoms with Gasteiger partial charge in [0.05, 0.1) is 28.4 Å². The number of ether oxygens (including phenoxy) is 2. The summed E-state index contributed by atoms with van der Waals surface area (Å²) in [6.45, 7) is 1.50. The molecule has 8 nitrogen and oxygen atoms in total. The molecule has 0 saturated carbocycles. The van der Waals surface area contributed by atoms with E-state index in [2.05, 4.69) is 20.3 Å². The fourth-order valence-corrected chi connectivity index (χ4v) is 3.62. The second-order valence-corrected chi connectivity index (χ2v) is 7.15. The number of carbonyl (C=O) groups is 2. The lowest BCUT2D eigenvalue weighted by Crippen LogP contribution is -2.30. The number of amides is 1. The first kappa shape index (κ1) is 18.8. The van der Waals surface area contributed by atoms with Crippen LogP contribution in [0.25, 0.3) is 21.3 Å². The molecule has 146 valence electrons. The van der Waals surface area contributed by atoms with E-state index in [9.17, 15) is 9.59 Å². The van der Waals surface area contributed by atoms with Crippen molar-refractivity contribution < 1.29 is 19.1 Å². The fourth-order valence-electron chi connectivity index (χ4n) is 2.73. The van der Waals surface area contributed by atoms with Crippen molar-refractivity contribution in [1.82, 2.24) is 15.0 Å². The summed E-state index contributed by atoms with van der Waals surface area (Å²) in [5.74, 6) is -0.414. The Morgan fingerprint density at radius 2 is 1.93 bits per heavy atom. The summed E-state index contributed by atoms with van der Waals surface area (Å²) >= 11 is 1.31. The maximum absolute atomic E-state index is 12.5. The van der Waals surface area contributed by atoms with Crippen LogP contribution in [0.5, 0.6) is 5.75 Å². The Morgan fingerprint density at radius 1 is 1.10 bits per heavy atom. The van der Waals surface area contributed by atoms with Gasteiger partial charge < -0.3 is 9.47 Å². The number of hydrogen-bond acceptors (Lipinski definition) is 8. The van der Waals surface area contributed by atoms with E-state index in [0.29, 0.717) is 21.9 Å². The zero-order valence-electron chi connectivity index (χ0n) is 15.6. The third-order valence-electron chi connectivity index (χ3n) is 4.20. The molecular formula is C20H16N4O4S. The topological polar surface area (TPSA) is 103 Å². The van der Waals surface area contributed by atoms with E-state index in [1.165, 1.54) is 24.5 Å².